The minimum atomic E-state index is -0.226. The van der Waals surface area contributed by atoms with E-state index in [1.54, 1.807) is 12.1 Å². The van der Waals surface area contributed by atoms with Crippen LogP contribution in [0.2, 0.25) is 0 Å². The molecule has 2 aromatic carbocycles. The van der Waals surface area contributed by atoms with Gasteiger partial charge in [-0.3, -0.25) is 0 Å². The average molecular weight is 285 g/mol. The molecule has 0 saturated carbocycles. The van der Waals surface area contributed by atoms with Crippen molar-refractivity contribution < 1.29 is 9.13 Å². The van der Waals surface area contributed by atoms with E-state index in [4.69, 9.17) is 10.5 Å². The van der Waals surface area contributed by atoms with Gasteiger partial charge in [-0.2, -0.15) is 0 Å². The van der Waals surface area contributed by atoms with Gasteiger partial charge in [0.05, 0.1) is 12.7 Å². The highest BCUT2D eigenvalue weighted by atomic mass is 19.1. The van der Waals surface area contributed by atoms with Crippen LogP contribution in [0.25, 0.3) is 0 Å². The molecule has 3 rings (SSSR count). The summed E-state index contributed by atoms with van der Waals surface area (Å²) in [6.07, 6.45) is 3.28. The Labute approximate surface area is 124 Å². The van der Waals surface area contributed by atoms with E-state index in [9.17, 15) is 4.39 Å². The summed E-state index contributed by atoms with van der Waals surface area (Å²) in [7, 11) is 0. The first-order chi connectivity index (χ1) is 10.3. The van der Waals surface area contributed by atoms with Crippen molar-refractivity contribution in [3.8, 4) is 0 Å². The molecular weight excluding hydrogens is 265 g/mol. The number of halogens is 1. The van der Waals surface area contributed by atoms with Crippen LogP contribution in [0, 0.1) is 5.82 Å². The summed E-state index contributed by atoms with van der Waals surface area (Å²) in [5.74, 6) is -0.226. The normalized spacial score (nSPS) is 17.5. The lowest BCUT2D eigenvalue weighted by molar-refractivity contribution is 0.0268. The molecule has 110 valence electrons. The van der Waals surface area contributed by atoms with Gasteiger partial charge in [0.15, 0.2) is 0 Å². The zero-order valence-electron chi connectivity index (χ0n) is 12.0. The summed E-state index contributed by atoms with van der Waals surface area (Å²) in [6, 6.07) is 13.3. The first-order valence-electron chi connectivity index (χ1n) is 7.44. The van der Waals surface area contributed by atoms with E-state index in [-0.39, 0.29) is 11.9 Å². The van der Waals surface area contributed by atoms with Gasteiger partial charge >= 0.3 is 0 Å². The molecule has 2 N–H and O–H groups in total. The maximum Gasteiger partial charge on any atom is 0.128 e. The van der Waals surface area contributed by atoms with Gasteiger partial charge in [-0.15, -0.1) is 0 Å². The smallest absolute Gasteiger partial charge is 0.128 e. The van der Waals surface area contributed by atoms with Gasteiger partial charge in [-0.1, -0.05) is 30.3 Å². The number of fused-ring (bicyclic) bond motifs is 1. The first kappa shape index (κ1) is 14.2. The average Bonchev–Trinajstić information content (AvgIpc) is 2.54. The summed E-state index contributed by atoms with van der Waals surface area (Å²) in [5.41, 5.74) is 9.72. The molecule has 0 heterocycles. The SMILES string of the molecule is NCc1ccc(F)c(COC2CCCc3ccccc32)c1. The van der Waals surface area contributed by atoms with Gasteiger partial charge in [-0.05, 0) is 48.1 Å². The minimum absolute atomic E-state index is 0.0656. The van der Waals surface area contributed by atoms with Crippen LogP contribution < -0.4 is 5.73 Å². The molecule has 1 atom stereocenters. The van der Waals surface area contributed by atoms with Crippen molar-refractivity contribution in [1.82, 2.24) is 0 Å². The Morgan fingerprint density at radius 3 is 2.90 bits per heavy atom. The van der Waals surface area contributed by atoms with E-state index >= 15 is 0 Å². The van der Waals surface area contributed by atoms with E-state index in [2.05, 4.69) is 18.2 Å². The molecular formula is C18H20FNO. The zero-order chi connectivity index (χ0) is 14.7. The molecule has 21 heavy (non-hydrogen) atoms. The Kier molecular flexibility index (Phi) is 4.32. The maximum absolute atomic E-state index is 13.8. The molecule has 1 aliphatic rings. The number of hydrogen-bond donors (Lipinski definition) is 1. The molecule has 1 unspecified atom stereocenters. The lowest BCUT2D eigenvalue weighted by atomic mass is 9.89. The summed E-state index contributed by atoms with van der Waals surface area (Å²) in [5, 5.41) is 0. The molecule has 0 spiro atoms. The molecule has 0 aliphatic heterocycles. The highest BCUT2D eigenvalue weighted by Gasteiger charge is 2.20. The van der Waals surface area contributed by atoms with Gasteiger partial charge in [0.2, 0.25) is 0 Å². The van der Waals surface area contributed by atoms with Crippen molar-refractivity contribution >= 4 is 0 Å². The third-order valence-corrected chi connectivity index (χ3v) is 4.10. The first-order valence-corrected chi connectivity index (χ1v) is 7.44. The van der Waals surface area contributed by atoms with E-state index in [0.717, 1.165) is 24.8 Å². The lowest BCUT2D eigenvalue weighted by Gasteiger charge is -2.25. The monoisotopic (exact) mass is 285 g/mol. The fourth-order valence-corrected chi connectivity index (χ4v) is 2.94. The van der Waals surface area contributed by atoms with Crippen LogP contribution in [0.4, 0.5) is 4.39 Å². The Morgan fingerprint density at radius 1 is 1.19 bits per heavy atom. The van der Waals surface area contributed by atoms with Crippen LogP contribution in [0.15, 0.2) is 42.5 Å². The third-order valence-electron chi connectivity index (χ3n) is 4.10. The van der Waals surface area contributed by atoms with E-state index in [1.165, 1.54) is 17.2 Å². The molecule has 0 radical (unpaired) electrons. The van der Waals surface area contributed by atoms with Gasteiger partial charge in [-0.25, -0.2) is 4.39 Å². The summed E-state index contributed by atoms with van der Waals surface area (Å²) in [6.45, 7) is 0.707. The van der Waals surface area contributed by atoms with Gasteiger partial charge in [0.1, 0.15) is 5.82 Å². The second kappa shape index (κ2) is 6.37. The molecule has 1 aliphatic carbocycles. The van der Waals surface area contributed by atoms with Crippen molar-refractivity contribution in [3.63, 3.8) is 0 Å². The summed E-state index contributed by atoms with van der Waals surface area (Å²) < 4.78 is 19.8. The third kappa shape index (κ3) is 3.14. The quantitative estimate of drug-likeness (QED) is 0.925. The van der Waals surface area contributed by atoms with Crippen molar-refractivity contribution in [1.29, 1.82) is 0 Å². The molecule has 0 amide bonds. The molecule has 2 aromatic rings. The van der Waals surface area contributed by atoms with Crippen LogP contribution in [-0.2, 0) is 24.3 Å². The highest BCUT2D eigenvalue weighted by molar-refractivity contribution is 5.31. The molecule has 2 nitrogen and oxygen atoms in total. The van der Waals surface area contributed by atoms with Crippen LogP contribution in [-0.4, -0.2) is 0 Å². The Balaban J connectivity index is 1.74. The number of ether oxygens (including phenoxy) is 1. The fraction of sp³-hybridized carbons (Fsp3) is 0.333. The van der Waals surface area contributed by atoms with Gasteiger partial charge in [0, 0.05) is 12.1 Å². The number of rotatable bonds is 4. The largest absolute Gasteiger partial charge is 0.369 e. The molecule has 0 bridgehead atoms. The van der Waals surface area contributed by atoms with Crippen LogP contribution in [0.3, 0.4) is 0 Å². The topological polar surface area (TPSA) is 35.2 Å². The predicted octanol–water partition coefficient (Wildman–Crippen LogP) is 3.88. The van der Waals surface area contributed by atoms with E-state index < -0.39 is 0 Å². The van der Waals surface area contributed by atoms with Gasteiger partial charge < -0.3 is 10.5 Å². The molecule has 0 aromatic heterocycles. The van der Waals surface area contributed by atoms with Crippen LogP contribution >= 0.6 is 0 Å². The number of benzene rings is 2. The highest BCUT2D eigenvalue weighted by Crippen LogP contribution is 2.33. The standard InChI is InChI=1S/C18H20FNO/c19-17-9-8-13(11-20)10-15(17)12-21-18-7-3-5-14-4-1-2-6-16(14)18/h1-2,4,6,8-10,18H,3,5,7,11-12,20H2. The number of aryl methyl sites for hydroxylation is 1. The second-order valence-corrected chi connectivity index (χ2v) is 5.52. The van der Waals surface area contributed by atoms with Crippen molar-refractivity contribution in [2.75, 3.05) is 0 Å². The van der Waals surface area contributed by atoms with E-state index in [1.807, 2.05) is 6.07 Å². The number of nitrogens with two attached hydrogens (primary N) is 1. The van der Waals surface area contributed by atoms with Crippen molar-refractivity contribution in [2.45, 2.75) is 38.5 Å². The molecule has 3 heteroatoms. The van der Waals surface area contributed by atoms with Crippen LogP contribution in [0.1, 0.15) is 41.2 Å². The van der Waals surface area contributed by atoms with Crippen molar-refractivity contribution in [2.24, 2.45) is 5.73 Å². The fourth-order valence-electron chi connectivity index (χ4n) is 2.94. The molecule has 0 saturated heterocycles. The predicted molar refractivity (Wildman–Crippen MR) is 81.2 cm³/mol. The maximum atomic E-state index is 13.8. The van der Waals surface area contributed by atoms with E-state index in [0.29, 0.717) is 18.7 Å². The Hall–Kier alpha value is -1.71. The Morgan fingerprint density at radius 2 is 2.05 bits per heavy atom. The van der Waals surface area contributed by atoms with Gasteiger partial charge in [0.25, 0.3) is 0 Å². The summed E-state index contributed by atoms with van der Waals surface area (Å²) in [4.78, 5) is 0. The van der Waals surface area contributed by atoms with Crippen molar-refractivity contribution in [3.05, 3.63) is 70.5 Å². The lowest BCUT2D eigenvalue weighted by Crippen LogP contribution is -2.13. The second-order valence-electron chi connectivity index (χ2n) is 5.52. The zero-order valence-corrected chi connectivity index (χ0v) is 12.0. The van der Waals surface area contributed by atoms with Crippen LogP contribution in [0.5, 0.6) is 0 Å². The number of hydrogen-bond acceptors (Lipinski definition) is 2. The molecule has 0 fully saturated rings. The summed E-state index contributed by atoms with van der Waals surface area (Å²) >= 11 is 0. The Bertz CT molecular complexity index is 626. The minimum Gasteiger partial charge on any atom is -0.369 e.